The summed E-state index contributed by atoms with van der Waals surface area (Å²) in [6.45, 7) is 3.83. The van der Waals surface area contributed by atoms with Gasteiger partial charge in [0.05, 0.1) is 6.20 Å². The van der Waals surface area contributed by atoms with Gasteiger partial charge in [0.1, 0.15) is 0 Å². The summed E-state index contributed by atoms with van der Waals surface area (Å²) in [4.78, 5) is 31.0. The number of hydrogen-bond donors (Lipinski definition) is 1. The van der Waals surface area contributed by atoms with Crippen LogP contribution in [0.2, 0.25) is 0 Å². The predicted molar refractivity (Wildman–Crippen MR) is 102 cm³/mol. The third-order valence-electron chi connectivity index (χ3n) is 6.56. The van der Waals surface area contributed by atoms with Crippen molar-refractivity contribution >= 4 is 22.8 Å². The Bertz CT molecular complexity index is 844. The number of ether oxygens (including phenoxy) is 1. The maximum absolute atomic E-state index is 12.6. The first-order valence-electron chi connectivity index (χ1n) is 10.2. The summed E-state index contributed by atoms with van der Waals surface area (Å²) in [6.07, 6.45) is 5.98. The lowest BCUT2D eigenvalue weighted by molar-refractivity contribution is -0.138. The molecule has 7 heteroatoms. The van der Waals surface area contributed by atoms with Crippen LogP contribution in [0.5, 0.6) is 0 Å². The summed E-state index contributed by atoms with van der Waals surface area (Å²) in [5.74, 6) is 2.46. The fourth-order valence-corrected chi connectivity index (χ4v) is 4.90. The highest BCUT2D eigenvalue weighted by molar-refractivity contribution is 5.95. The molecule has 0 bridgehead atoms. The van der Waals surface area contributed by atoms with Gasteiger partial charge in [-0.1, -0.05) is 0 Å². The summed E-state index contributed by atoms with van der Waals surface area (Å²) >= 11 is 0. The van der Waals surface area contributed by atoms with Crippen LogP contribution < -0.4 is 5.32 Å². The second kappa shape index (κ2) is 7.20. The summed E-state index contributed by atoms with van der Waals surface area (Å²) in [5.41, 5.74) is 0.624. The number of piperidine rings is 1. The third kappa shape index (κ3) is 3.28. The Morgan fingerprint density at radius 1 is 1.21 bits per heavy atom. The zero-order chi connectivity index (χ0) is 19.1. The lowest BCUT2D eigenvalue weighted by Gasteiger charge is -2.28. The maximum atomic E-state index is 12.6. The van der Waals surface area contributed by atoms with Gasteiger partial charge in [0.25, 0.3) is 5.91 Å². The van der Waals surface area contributed by atoms with E-state index in [4.69, 9.17) is 9.15 Å². The molecule has 28 heavy (non-hydrogen) atoms. The minimum absolute atomic E-state index is 0.156. The minimum Gasteiger partial charge on any atom is -0.449 e. The van der Waals surface area contributed by atoms with Crippen molar-refractivity contribution in [2.45, 2.75) is 19.3 Å². The normalized spacial score (nSPS) is 27.0. The van der Waals surface area contributed by atoms with E-state index < -0.39 is 0 Å². The van der Waals surface area contributed by atoms with Gasteiger partial charge in [0.2, 0.25) is 5.91 Å². The number of nitrogens with zero attached hydrogens (tertiary/aromatic N) is 2. The SMILES string of the molecule is O=C(NCC[C@@H]1[C@H]2CN(C(=O)C3CCOCC3)C[C@@H]12)c1cc2ccncc2o1. The average molecular weight is 383 g/mol. The Morgan fingerprint density at radius 2 is 2.00 bits per heavy atom. The van der Waals surface area contributed by atoms with Gasteiger partial charge in [0.15, 0.2) is 11.3 Å². The number of nitrogens with one attached hydrogen (secondary N) is 1. The van der Waals surface area contributed by atoms with Gasteiger partial charge in [-0.05, 0) is 49.1 Å². The molecule has 0 unspecified atom stereocenters. The van der Waals surface area contributed by atoms with Crippen molar-refractivity contribution in [1.82, 2.24) is 15.2 Å². The molecule has 1 saturated carbocycles. The van der Waals surface area contributed by atoms with Crippen molar-refractivity contribution in [3.05, 3.63) is 30.3 Å². The molecule has 2 amide bonds. The van der Waals surface area contributed by atoms with E-state index in [1.807, 2.05) is 6.07 Å². The van der Waals surface area contributed by atoms with E-state index in [2.05, 4.69) is 15.2 Å². The van der Waals surface area contributed by atoms with Crippen molar-refractivity contribution in [2.24, 2.45) is 23.7 Å². The van der Waals surface area contributed by atoms with Crippen LogP contribution in [0.15, 0.2) is 28.9 Å². The van der Waals surface area contributed by atoms with Gasteiger partial charge < -0.3 is 19.4 Å². The highest BCUT2D eigenvalue weighted by Crippen LogP contribution is 2.53. The van der Waals surface area contributed by atoms with Crippen molar-refractivity contribution in [3.8, 4) is 0 Å². The molecule has 0 spiro atoms. The summed E-state index contributed by atoms with van der Waals surface area (Å²) in [6, 6.07) is 3.58. The Labute approximate surface area is 163 Å². The molecular weight excluding hydrogens is 358 g/mol. The largest absolute Gasteiger partial charge is 0.449 e. The lowest BCUT2D eigenvalue weighted by Crippen LogP contribution is -2.38. The van der Waals surface area contributed by atoms with E-state index in [0.29, 0.717) is 54.8 Å². The third-order valence-corrected chi connectivity index (χ3v) is 6.56. The number of fused-ring (bicyclic) bond motifs is 2. The molecule has 2 saturated heterocycles. The molecule has 0 aromatic carbocycles. The van der Waals surface area contributed by atoms with Crippen molar-refractivity contribution in [3.63, 3.8) is 0 Å². The van der Waals surface area contributed by atoms with E-state index in [1.54, 1.807) is 18.5 Å². The fraction of sp³-hybridized carbons (Fsp3) is 0.571. The molecule has 0 radical (unpaired) electrons. The van der Waals surface area contributed by atoms with Gasteiger partial charge >= 0.3 is 0 Å². The first-order valence-corrected chi connectivity index (χ1v) is 10.2. The number of carbonyl (C=O) groups excluding carboxylic acids is 2. The second-order valence-corrected chi connectivity index (χ2v) is 8.19. The number of rotatable bonds is 5. The van der Waals surface area contributed by atoms with Crippen molar-refractivity contribution < 1.29 is 18.7 Å². The zero-order valence-electron chi connectivity index (χ0n) is 15.8. The summed E-state index contributed by atoms with van der Waals surface area (Å²) < 4.78 is 10.9. The Hall–Kier alpha value is -2.41. The number of carbonyl (C=O) groups is 2. The van der Waals surface area contributed by atoms with Crippen molar-refractivity contribution in [1.29, 1.82) is 0 Å². The van der Waals surface area contributed by atoms with Crippen LogP contribution >= 0.6 is 0 Å². The molecule has 3 fully saturated rings. The van der Waals surface area contributed by atoms with Crippen LogP contribution in [0.4, 0.5) is 0 Å². The van der Waals surface area contributed by atoms with Gasteiger partial charge in [-0.3, -0.25) is 14.6 Å². The second-order valence-electron chi connectivity index (χ2n) is 8.19. The molecule has 2 aromatic heterocycles. The van der Waals surface area contributed by atoms with Gasteiger partial charge in [-0.15, -0.1) is 0 Å². The molecule has 1 aliphatic carbocycles. The summed E-state index contributed by atoms with van der Waals surface area (Å²) in [5, 5.41) is 3.84. The Kier molecular flexibility index (Phi) is 4.55. The molecular formula is C21H25N3O4. The number of pyridine rings is 1. The molecule has 148 valence electrons. The number of likely N-dealkylation sites (tertiary alicyclic amines) is 1. The lowest BCUT2D eigenvalue weighted by atomic mass is 9.98. The molecule has 4 heterocycles. The number of hydrogen-bond acceptors (Lipinski definition) is 5. The smallest absolute Gasteiger partial charge is 0.287 e. The van der Waals surface area contributed by atoms with E-state index in [0.717, 1.165) is 37.7 Å². The highest BCUT2D eigenvalue weighted by atomic mass is 16.5. The minimum atomic E-state index is -0.182. The van der Waals surface area contributed by atoms with Crippen LogP contribution in [-0.4, -0.2) is 54.5 Å². The van der Waals surface area contributed by atoms with Crippen LogP contribution in [0.1, 0.15) is 29.8 Å². The number of amides is 2. The Balaban J connectivity index is 1.06. The predicted octanol–water partition coefficient (Wildman–Crippen LogP) is 2.08. The zero-order valence-corrected chi connectivity index (χ0v) is 15.8. The first-order chi connectivity index (χ1) is 13.7. The van der Waals surface area contributed by atoms with Crippen LogP contribution in [0, 0.1) is 23.7 Å². The van der Waals surface area contributed by atoms with Crippen LogP contribution in [-0.2, 0) is 9.53 Å². The van der Waals surface area contributed by atoms with Gasteiger partial charge in [-0.2, -0.15) is 0 Å². The van der Waals surface area contributed by atoms with E-state index in [-0.39, 0.29) is 11.8 Å². The fourth-order valence-electron chi connectivity index (χ4n) is 4.90. The number of aromatic nitrogens is 1. The standard InChI is InChI=1S/C21H25N3O4/c25-20(18-9-14-1-5-22-10-19(14)28-18)23-6-2-15-16-11-24(12-17(15)16)21(26)13-3-7-27-8-4-13/h1,5,9-10,13,15-17H,2-4,6-8,11-12H2,(H,23,25)/t15-,16-,17+. The monoisotopic (exact) mass is 383 g/mol. The molecule has 1 N–H and O–H groups in total. The number of furan rings is 1. The molecule has 3 aliphatic rings. The van der Waals surface area contributed by atoms with Crippen LogP contribution in [0.25, 0.3) is 11.0 Å². The van der Waals surface area contributed by atoms with Gasteiger partial charge in [0, 0.05) is 50.3 Å². The molecule has 5 rings (SSSR count). The molecule has 2 aliphatic heterocycles. The first kappa shape index (κ1) is 17.7. The average Bonchev–Trinajstić information content (AvgIpc) is 3.10. The Morgan fingerprint density at radius 3 is 2.75 bits per heavy atom. The molecule has 3 atom stereocenters. The van der Waals surface area contributed by atoms with E-state index in [1.165, 1.54) is 0 Å². The van der Waals surface area contributed by atoms with Crippen LogP contribution in [0.3, 0.4) is 0 Å². The van der Waals surface area contributed by atoms with Crippen molar-refractivity contribution in [2.75, 3.05) is 32.8 Å². The summed E-state index contributed by atoms with van der Waals surface area (Å²) in [7, 11) is 0. The molecule has 2 aromatic rings. The quantitative estimate of drug-likeness (QED) is 0.855. The highest BCUT2D eigenvalue weighted by Gasteiger charge is 2.56. The topological polar surface area (TPSA) is 84.7 Å². The van der Waals surface area contributed by atoms with E-state index >= 15 is 0 Å². The van der Waals surface area contributed by atoms with E-state index in [9.17, 15) is 9.59 Å². The molecule has 7 nitrogen and oxygen atoms in total. The maximum Gasteiger partial charge on any atom is 0.287 e. The van der Waals surface area contributed by atoms with Gasteiger partial charge in [-0.25, -0.2) is 0 Å².